The molecule has 8 heteroatoms. The van der Waals surface area contributed by atoms with Crippen LogP contribution in [0.25, 0.3) is 0 Å². The zero-order valence-corrected chi connectivity index (χ0v) is 13.3. The summed E-state index contributed by atoms with van der Waals surface area (Å²) in [6, 6.07) is 7.31. The van der Waals surface area contributed by atoms with Crippen molar-refractivity contribution in [2.45, 2.75) is 12.5 Å². The molecule has 1 aliphatic heterocycles. The highest BCUT2D eigenvalue weighted by atomic mass is 19.1. The first kappa shape index (κ1) is 17.0. The number of aliphatic hydroxyl groups is 1. The third-order valence-electron chi connectivity index (χ3n) is 3.79. The van der Waals surface area contributed by atoms with Crippen LogP contribution in [-0.2, 0) is 5.60 Å². The van der Waals surface area contributed by atoms with Gasteiger partial charge in [-0.3, -0.25) is 0 Å². The Hall–Kier alpha value is -2.87. The van der Waals surface area contributed by atoms with Crippen molar-refractivity contribution >= 4 is 11.7 Å². The predicted octanol–water partition coefficient (Wildman–Crippen LogP) is 2.72. The quantitative estimate of drug-likeness (QED) is 0.792. The van der Waals surface area contributed by atoms with Crippen LogP contribution in [0.2, 0.25) is 0 Å². The Bertz CT molecular complexity index is 791. The highest BCUT2D eigenvalue weighted by molar-refractivity contribution is 5.89. The number of fused-ring (bicyclic) bond motifs is 1. The molecular weight excluding hydrogens is 334 g/mol. The summed E-state index contributed by atoms with van der Waals surface area (Å²) in [6.45, 7) is 1.42. The minimum Gasteiger partial charge on any atom is -0.454 e. The molecule has 3 N–H and O–H groups in total. The van der Waals surface area contributed by atoms with Crippen molar-refractivity contribution < 1.29 is 28.2 Å². The molecule has 25 heavy (non-hydrogen) atoms. The van der Waals surface area contributed by atoms with Gasteiger partial charge in [0.05, 0.1) is 6.54 Å². The maximum atomic E-state index is 13.5. The molecule has 1 unspecified atom stereocenters. The molecule has 0 aromatic heterocycles. The number of hydrogen-bond acceptors (Lipinski definition) is 4. The number of rotatable bonds is 4. The summed E-state index contributed by atoms with van der Waals surface area (Å²) in [5.74, 6) is -0.716. The SMILES string of the molecule is CC(O)(CNC(=O)Nc1c(F)cccc1F)c1ccc2c(c1)OCO2. The maximum absolute atomic E-state index is 13.5. The Balaban J connectivity index is 1.64. The van der Waals surface area contributed by atoms with Crippen LogP contribution in [0, 0.1) is 11.6 Å². The topological polar surface area (TPSA) is 79.8 Å². The average molecular weight is 350 g/mol. The molecule has 2 amide bonds. The van der Waals surface area contributed by atoms with Crippen LogP contribution in [0.1, 0.15) is 12.5 Å². The lowest BCUT2D eigenvalue weighted by Gasteiger charge is -2.24. The van der Waals surface area contributed by atoms with E-state index in [1.807, 2.05) is 0 Å². The summed E-state index contributed by atoms with van der Waals surface area (Å²) in [7, 11) is 0. The fourth-order valence-electron chi connectivity index (χ4n) is 2.36. The number of halogens is 2. The van der Waals surface area contributed by atoms with Gasteiger partial charge in [0.25, 0.3) is 0 Å². The minimum atomic E-state index is -1.42. The number of para-hydroxylation sites is 1. The van der Waals surface area contributed by atoms with Crippen LogP contribution in [0.5, 0.6) is 11.5 Å². The van der Waals surface area contributed by atoms with Gasteiger partial charge < -0.3 is 25.2 Å². The van der Waals surface area contributed by atoms with E-state index in [0.717, 1.165) is 12.1 Å². The number of urea groups is 1. The molecule has 0 spiro atoms. The van der Waals surface area contributed by atoms with Crippen molar-refractivity contribution in [2.75, 3.05) is 18.7 Å². The Morgan fingerprint density at radius 3 is 2.60 bits per heavy atom. The highest BCUT2D eigenvalue weighted by Crippen LogP contribution is 2.35. The predicted molar refractivity (Wildman–Crippen MR) is 85.5 cm³/mol. The lowest BCUT2D eigenvalue weighted by molar-refractivity contribution is 0.0597. The highest BCUT2D eigenvalue weighted by Gasteiger charge is 2.27. The van der Waals surface area contributed by atoms with Gasteiger partial charge in [0, 0.05) is 0 Å². The number of ether oxygens (including phenoxy) is 2. The summed E-state index contributed by atoms with van der Waals surface area (Å²) in [5, 5.41) is 15.0. The molecule has 6 nitrogen and oxygen atoms in total. The Morgan fingerprint density at radius 1 is 1.20 bits per heavy atom. The van der Waals surface area contributed by atoms with Gasteiger partial charge in [-0.1, -0.05) is 12.1 Å². The van der Waals surface area contributed by atoms with Gasteiger partial charge in [-0.25, -0.2) is 13.6 Å². The summed E-state index contributed by atoms with van der Waals surface area (Å²) >= 11 is 0. The molecule has 0 fully saturated rings. The Morgan fingerprint density at radius 2 is 1.88 bits per heavy atom. The average Bonchev–Trinajstić information content (AvgIpc) is 3.04. The van der Waals surface area contributed by atoms with Gasteiger partial charge in [0.2, 0.25) is 6.79 Å². The van der Waals surface area contributed by atoms with E-state index < -0.39 is 29.0 Å². The van der Waals surface area contributed by atoms with E-state index in [1.165, 1.54) is 13.0 Å². The van der Waals surface area contributed by atoms with E-state index in [1.54, 1.807) is 18.2 Å². The van der Waals surface area contributed by atoms with E-state index >= 15 is 0 Å². The van der Waals surface area contributed by atoms with Crippen molar-refractivity contribution in [3.63, 3.8) is 0 Å². The monoisotopic (exact) mass is 350 g/mol. The number of hydrogen-bond donors (Lipinski definition) is 3. The fraction of sp³-hybridized carbons (Fsp3) is 0.235. The number of anilines is 1. The van der Waals surface area contributed by atoms with Crippen molar-refractivity contribution in [2.24, 2.45) is 0 Å². The number of nitrogens with one attached hydrogen (secondary N) is 2. The summed E-state index contributed by atoms with van der Waals surface area (Å²) in [6.07, 6.45) is 0. The number of benzene rings is 2. The molecule has 2 aromatic rings. The Labute approximate surface area is 142 Å². The van der Waals surface area contributed by atoms with Crippen LogP contribution >= 0.6 is 0 Å². The van der Waals surface area contributed by atoms with Crippen LogP contribution in [0.4, 0.5) is 19.3 Å². The minimum absolute atomic E-state index is 0.107. The van der Waals surface area contributed by atoms with Gasteiger partial charge in [-0.05, 0) is 36.8 Å². The standard InChI is InChI=1S/C17H16F2N2O4/c1-17(23,10-5-6-13-14(7-10)25-9-24-13)8-20-16(22)21-15-11(18)3-2-4-12(15)19/h2-7,23H,8-9H2,1H3,(H2,20,21,22). The molecule has 0 bridgehead atoms. The second kappa shape index (κ2) is 6.56. The number of amides is 2. The first-order chi connectivity index (χ1) is 11.9. The lowest BCUT2D eigenvalue weighted by atomic mass is 9.95. The molecule has 0 radical (unpaired) electrons. The van der Waals surface area contributed by atoms with Crippen LogP contribution < -0.4 is 20.1 Å². The molecule has 3 rings (SSSR count). The third-order valence-corrected chi connectivity index (χ3v) is 3.79. The summed E-state index contributed by atoms with van der Waals surface area (Å²) in [4.78, 5) is 11.9. The van der Waals surface area contributed by atoms with E-state index in [0.29, 0.717) is 17.1 Å². The van der Waals surface area contributed by atoms with E-state index in [-0.39, 0.29) is 13.3 Å². The van der Waals surface area contributed by atoms with Crippen molar-refractivity contribution in [1.82, 2.24) is 5.32 Å². The lowest BCUT2D eigenvalue weighted by Crippen LogP contribution is -2.40. The van der Waals surface area contributed by atoms with Gasteiger partial charge in [-0.15, -0.1) is 0 Å². The number of carbonyl (C=O) groups excluding carboxylic acids is 1. The van der Waals surface area contributed by atoms with E-state index in [2.05, 4.69) is 10.6 Å². The second-order valence-corrected chi connectivity index (χ2v) is 5.75. The maximum Gasteiger partial charge on any atom is 0.319 e. The van der Waals surface area contributed by atoms with Crippen molar-refractivity contribution in [3.05, 3.63) is 53.6 Å². The van der Waals surface area contributed by atoms with Gasteiger partial charge in [0.15, 0.2) is 11.5 Å². The van der Waals surface area contributed by atoms with E-state index in [4.69, 9.17) is 9.47 Å². The fourth-order valence-corrected chi connectivity index (χ4v) is 2.36. The largest absolute Gasteiger partial charge is 0.454 e. The first-order valence-corrected chi connectivity index (χ1v) is 7.48. The molecular formula is C17H16F2N2O4. The third kappa shape index (κ3) is 3.63. The van der Waals surface area contributed by atoms with Crippen molar-refractivity contribution in [1.29, 1.82) is 0 Å². The smallest absolute Gasteiger partial charge is 0.319 e. The molecule has 2 aromatic carbocycles. The number of carbonyl (C=O) groups is 1. The zero-order chi connectivity index (χ0) is 18.0. The Kier molecular flexibility index (Phi) is 4.45. The molecule has 0 saturated carbocycles. The second-order valence-electron chi connectivity index (χ2n) is 5.75. The van der Waals surface area contributed by atoms with Gasteiger partial charge in [-0.2, -0.15) is 0 Å². The van der Waals surface area contributed by atoms with Crippen molar-refractivity contribution in [3.8, 4) is 11.5 Å². The van der Waals surface area contributed by atoms with E-state index in [9.17, 15) is 18.7 Å². The van der Waals surface area contributed by atoms with Crippen LogP contribution in [0.15, 0.2) is 36.4 Å². The molecule has 1 aliphatic rings. The van der Waals surface area contributed by atoms with Gasteiger partial charge >= 0.3 is 6.03 Å². The summed E-state index contributed by atoms with van der Waals surface area (Å²) in [5.41, 5.74) is -1.48. The molecule has 1 heterocycles. The van der Waals surface area contributed by atoms with Crippen LogP contribution in [0.3, 0.4) is 0 Å². The van der Waals surface area contributed by atoms with Gasteiger partial charge in [0.1, 0.15) is 22.9 Å². The molecule has 0 saturated heterocycles. The summed E-state index contributed by atoms with van der Waals surface area (Å²) < 4.78 is 37.5. The molecule has 1 atom stereocenters. The molecule has 0 aliphatic carbocycles. The first-order valence-electron chi connectivity index (χ1n) is 7.48. The van der Waals surface area contributed by atoms with Crippen LogP contribution in [-0.4, -0.2) is 24.5 Å². The zero-order valence-electron chi connectivity index (χ0n) is 13.3. The normalized spacial score (nSPS) is 14.7. The molecule has 132 valence electrons.